The van der Waals surface area contributed by atoms with Gasteiger partial charge in [-0.1, -0.05) is 60.7 Å². The van der Waals surface area contributed by atoms with Gasteiger partial charge in [-0.2, -0.15) is 0 Å². The van der Waals surface area contributed by atoms with Gasteiger partial charge in [0.05, 0.1) is 17.6 Å². The average Bonchev–Trinajstić information content (AvgIpc) is 3.48. The largest absolute Gasteiger partial charge is 0.494 e. The van der Waals surface area contributed by atoms with Gasteiger partial charge in [-0.05, 0) is 72.2 Å². The molecule has 0 spiro atoms. The van der Waals surface area contributed by atoms with E-state index < -0.39 is 5.97 Å². The Morgan fingerprint density at radius 3 is 2.51 bits per heavy atom. The van der Waals surface area contributed by atoms with Crippen molar-refractivity contribution in [2.45, 2.75) is 32.1 Å². The smallest absolute Gasteiger partial charge is 0.303 e. The van der Waals surface area contributed by atoms with E-state index in [-0.39, 0.29) is 6.42 Å². The molecule has 5 heteroatoms. The van der Waals surface area contributed by atoms with Gasteiger partial charge in [0.25, 0.3) is 0 Å². The first kappa shape index (κ1) is 23.0. The third-order valence-corrected chi connectivity index (χ3v) is 7.00. The molecule has 1 aliphatic rings. The molecule has 184 valence electrons. The Bertz CT molecular complexity index is 1590. The zero-order chi connectivity index (χ0) is 25.2. The first-order chi connectivity index (χ1) is 18.2. The molecule has 0 fully saturated rings. The Morgan fingerprint density at radius 1 is 0.838 bits per heavy atom. The summed E-state index contributed by atoms with van der Waals surface area (Å²) in [5, 5.41) is 8.81. The summed E-state index contributed by atoms with van der Waals surface area (Å²) in [5.41, 5.74) is 9.37. The summed E-state index contributed by atoms with van der Waals surface area (Å²) < 4.78 is 8.28. The second-order valence-electron chi connectivity index (χ2n) is 9.52. The number of hydrogen-bond acceptors (Lipinski definition) is 3. The van der Waals surface area contributed by atoms with Crippen LogP contribution < -0.4 is 4.74 Å². The highest BCUT2D eigenvalue weighted by molar-refractivity contribution is 5.85. The molecule has 5 aromatic rings. The number of carbonyl (C=O) groups is 1. The van der Waals surface area contributed by atoms with E-state index in [1.807, 2.05) is 30.3 Å². The molecule has 1 aliphatic carbocycles. The number of aromatic nitrogens is 2. The zero-order valence-corrected chi connectivity index (χ0v) is 20.6. The molecule has 0 amide bonds. The maximum absolute atomic E-state index is 10.7. The van der Waals surface area contributed by atoms with Crippen molar-refractivity contribution in [1.29, 1.82) is 0 Å². The number of aliphatic carboxylic acids is 1. The second kappa shape index (κ2) is 9.94. The van der Waals surface area contributed by atoms with Gasteiger partial charge in [-0.25, -0.2) is 4.98 Å². The molecule has 0 radical (unpaired) electrons. The van der Waals surface area contributed by atoms with Gasteiger partial charge in [0.2, 0.25) is 0 Å². The molecule has 37 heavy (non-hydrogen) atoms. The molecule has 0 saturated carbocycles. The summed E-state index contributed by atoms with van der Waals surface area (Å²) in [4.78, 5) is 15.7. The highest BCUT2D eigenvalue weighted by atomic mass is 16.5. The molecule has 5 nitrogen and oxygen atoms in total. The van der Waals surface area contributed by atoms with Gasteiger partial charge in [0.1, 0.15) is 11.6 Å². The van der Waals surface area contributed by atoms with Crippen molar-refractivity contribution < 1.29 is 14.6 Å². The molecular weight excluding hydrogens is 460 g/mol. The van der Waals surface area contributed by atoms with Crippen LogP contribution in [0, 0.1) is 0 Å². The van der Waals surface area contributed by atoms with Crippen LogP contribution in [-0.2, 0) is 11.2 Å². The number of fused-ring (bicyclic) bond motifs is 4. The molecule has 0 aliphatic heterocycles. The van der Waals surface area contributed by atoms with Crippen molar-refractivity contribution in [3.8, 4) is 34.0 Å². The van der Waals surface area contributed by atoms with Gasteiger partial charge in [-0.15, -0.1) is 0 Å². The maximum atomic E-state index is 10.7. The molecule has 0 atom stereocenters. The molecule has 0 bridgehead atoms. The SMILES string of the molecule is O=C(O)CCCCCOc1ccc2nc(-c3ccccc3)n(-c3ccc4c(c3)Cc3ccccc3-4)c2c1. The van der Waals surface area contributed by atoms with Gasteiger partial charge in [0, 0.05) is 23.7 Å². The highest BCUT2D eigenvalue weighted by Gasteiger charge is 2.21. The number of carboxylic acids is 1. The van der Waals surface area contributed by atoms with Crippen LogP contribution in [0.4, 0.5) is 0 Å². The van der Waals surface area contributed by atoms with Crippen LogP contribution in [0.3, 0.4) is 0 Å². The molecule has 0 unspecified atom stereocenters. The number of imidazole rings is 1. The Kier molecular flexibility index (Phi) is 6.19. The van der Waals surface area contributed by atoms with E-state index in [0.717, 1.165) is 53.1 Å². The van der Waals surface area contributed by atoms with Crippen molar-refractivity contribution in [2.75, 3.05) is 6.61 Å². The molecule has 4 aromatic carbocycles. The minimum absolute atomic E-state index is 0.208. The van der Waals surface area contributed by atoms with E-state index in [2.05, 4.69) is 65.2 Å². The Morgan fingerprint density at radius 2 is 1.65 bits per heavy atom. The lowest BCUT2D eigenvalue weighted by molar-refractivity contribution is -0.137. The fourth-order valence-corrected chi connectivity index (χ4v) is 5.20. The fraction of sp³-hybridized carbons (Fsp3) is 0.188. The number of hydrogen-bond donors (Lipinski definition) is 1. The van der Waals surface area contributed by atoms with E-state index in [9.17, 15) is 4.79 Å². The van der Waals surface area contributed by atoms with Gasteiger partial charge in [0.15, 0.2) is 0 Å². The van der Waals surface area contributed by atoms with Crippen molar-refractivity contribution in [1.82, 2.24) is 9.55 Å². The number of carboxylic acid groups (broad SMARTS) is 1. The van der Waals surface area contributed by atoms with Crippen LogP contribution in [0.2, 0.25) is 0 Å². The quantitative estimate of drug-likeness (QED) is 0.217. The highest BCUT2D eigenvalue weighted by Crippen LogP contribution is 2.39. The minimum atomic E-state index is -0.746. The number of unbranched alkanes of at least 4 members (excludes halogenated alkanes) is 2. The lowest BCUT2D eigenvalue weighted by Gasteiger charge is -2.12. The van der Waals surface area contributed by atoms with Crippen molar-refractivity contribution in [3.63, 3.8) is 0 Å². The lowest BCUT2D eigenvalue weighted by atomic mass is 10.1. The van der Waals surface area contributed by atoms with E-state index >= 15 is 0 Å². The summed E-state index contributed by atoms with van der Waals surface area (Å²) in [6.07, 6.45) is 3.47. The molecule has 0 saturated heterocycles. The Hall–Kier alpha value is -4.38. The monoisotopic (exact) mass is 488 g/mol. The van der Waals surface area contributed by atoms with Crippen molar-refractivity contribution in [2.24, 2.45) is 0 Å². The van der Waals surface area contributed by atoms with Crippen molar-refractivity contribution in [3.05, 3.63) is 102 Å². The van der Waals surface area contributed by atoms with Gasteiger partial charge < -0.3 is 9.84 Å². The standard InChI is InChI=1S/C32H28N2O3/c35-31(36)13-5-2-8-18-37-26-15-17-29-30(21-26)34(32(33-29)22-9-3-1-4-10-22)25-14-16-28-24(20-25)19-23-11-6-7-12-27(23)28/h1,3-4,6-7,9-12,14-17,20-21H,2,5,8,13,18-19H2,(H,35,36). The molecule has 6 rings (SSSR count). The summed E-state index contributed by atoms with van der Waals surface area (Å²) in [6.45, 7) is 0.557. The van der Waals surface area contributed by atoms with E-state index in [0.29, 0.717) is 13.0 Å². The first-order valence-electron chi connectivity index (χ1n) is 12.8. The lowest BCUT2D eigenvalue weighted by Crippen LogP contribution is -2.00. The van der Waals surface area contributed by atoms with Crippen LogP contribution in [-0.4, -0.2) is 27.2 Å². The average molecular weight is 489 g/mol. The van der Waals surface area contributed by atoms with Crippen LogP contribution in [0.1, 0.15) is 36.8 Å². The van der Waals surface area contributed by atoms with Gasteiger partial charge >= 0.3 is 5.97 Å². The van der Waals surface area contributed by atoms with Crippen LogP contribution >= 0.6 is 0 Å². The summed E-state index contributed by atoms with van der Waals surface area (Å²) >= 11 is 0. The van der Waals surface area contributed by atoms with E-state index in [1.54, 1.807) is 0 Å². The predicted molar refractivity (Wildman–Crippen MR) is 146 cm³/mol. The van der Waals surface area contributed by atoms with Crippen LogP contribution in [0.5, 0.6) is 5.75 Å². The normalized spacial score (nSPS) is 11.9. The van der Waals surface area contributed by atoms with Gasteiger partial charge in [-0.3, -0.25) is 9.36 Å². The third-order valence-electron chi connectivity index (χ3n) is 7.00. The number of rotatable bonds is 9. The summed E-state index contributed by atoms with van der Waals surface area (Å²) in [7, 11) is 0. The summed E-state index contributed by atoms with van der Waals surface area (Å²) in [6, 6.07) is 31.7. The second-order valence-corrected chi connectivity index (χ2v) is 9.52. The fourth-order valence-electron chi connectivity index (χ4n) is 5.20. The van der Waals surface area contributed by atoms with E-state index in [4.69, 9.17) is 14.8 Å². The number of nitrogens with zero attached hydrogens (tertiary/aromatic N) is 2. The molecular formula is C32H28N2O3. The Balaban J connectivity index is 1.36. The summed E-state index contributed by atoms with van der Waals surface area (Å²) in [5.74, 6) is 0.946. The third kappa shape index (κ3) is 4.60. The van der Waals surface area contributed by atoms with Crippen molar-refractivity contribution >= 4 is 17.0 Å². The van der Waals surface area contributed by atoms with Crippen LogP contribution in [0.25, 0.3) is 39.2 Å². The predicted octanol–water partition coefficient (Wildman–Crippen LogP) is 7.29. The molecule has 1 heterocycles. The van der Waals surface area contributed by atoms with Crippen LogP contribution in [0.15, 0.2) is 91.0 Å². The zero-order valence-electron chi connectivity index (χ0n) is 20.6. The molecule has 1 aromatic heterocycles. The number of ether oxygens (including phenoxy) is 1. The maximum Gasteiger partial charge on any atom is 0.303 e. The first-order valence-corrected chi connectivity index (χ1v) is 12.8. The topological polar surface area (TPSA) is 64.3 Å². The molecule has 1 N–H and O–H groups in total. The Labute approximate surface area is 216 Å². The number of benzene rings is 4. The van der Waals surface area contributed by atoms with E-state index in [1.165, 1.54) is 22.3 Å². The minimum Gasteiger partial charge on any atom is -0.494 e.